The van der Waals surface area contributed by atoms with Crippen LogP contribution >= 0.6 is 10.7 Å². The molecule has 4 unspecified atom stereocenters. The van der Waals surface area contributed by atoms with Crippen LogP contribution in [-0.2, 0) is 9.05 Å². The molecule has 55 heavy (non-hydrogen) atoms. The summed E-state index contributed by atoms with van der Waals surface area (Å²) in [6.45, 7) is 11.9. The van der Waals surface area contributed by atoms with Crippen molar-refractivity contribution in [1.82, 2.24) is 0 Å². The summed E-state index contributed by atoms with van der Waals surface area (Å²) < 4.78 is 21.4. The Labute approximate surface area is 332 Å². The highest BCUT2D eigenvalue weighted by Gasteiger charge is 2.20. The van der Waals surface area contributed by atoms with Gasteiger partial charge in [-0.2, -0.15) is 0 Å². The maximum Gasteiger partial charge on any atom is 0.261 e. The Hall–Kier alpha value is -4.82. The first kappa shape index (κ1) is 44.6. The zero-order valence-corrected chi connectivity index (χ0v) is 34.0. The fourth-order valence-corrected chi connectivity index (χ4v) is 6.40. The highest BCUT2D eigenvalue weighted by molar-refractivity contribution is 8.13. The molecule has 0 aliphatic carbocycles. The number of aliphatic hydroxyl groups excluding tert-OH is 3. The normalized spacial score (nSPS) is 13.9. The molecule has 0 bridgehead atoms. The van der Waals surface area contributed by atoms with E-state index in [1.165, 1.54) is 17.7 Å². The number of aliphatic hydroxyl groups is 3. The first-order chi connectivity index (χ1) is 26.3. The summed E-state index contributed by atoms with van der Waals surface area (Å²) >= 11 is 0. The molecule has 0 heterocycles. The lowest BCUT2D eigenvalue weighted by atomic mass is 9.90. The molecule has 4 atom stereocenters. The van der Waals surface area contributed by atoms with Crippen molar-refractivity contribution in [1.29, 1.82) is 0 Å². The molecule has 0 spiro atoms. The van der Waals surface area contributed by atoms with Crippen molar-refractivity contribution in [3.63, 3.8) is 0 Å². The minimum Gasteiger partial charge on any atom is -0.388 e. The van der Waals surface area contributed by atoms with Gasteiger partial charge in [-0.05, 0) is 91.3 Å². The molecule has 7 heteroatoms. The quantitative estimate of drug-likeness (QED) is 0.116. The van der Waals surface area contributed by atoms with Crippen LogP contribution in [0.1, 0.15) is 109 Å². The summed E-state index contributed by atoms with van der Waals surface area (Å²) in [6.07, 6.45) is 13.7. The van der Waals surface area contributed by atoms with Gasteiger partial charge in [-0.1, -0.05) is 170 Å². The highest BCUT2D eigenvalue weighted by Crippen LogP contribution is 2.31. The Morgan fingerprint density at radius 3 is 1.00 bits per heavy atom. The molecular formula is C48H53ClO5S. The van der Waals surface area contributed by atoms with Crippen LogP contribution in [0.15, 0.2) is 151 Å². The Morgan fingerprint density at radius 2 is 0.727 bits per heavy atom. The number of halogens is 1. The average molecular weight is 777 g/mol. The van der Waals surface area contributed by atoms with E-state index in [1.807, 2.05) is 144 Å². The molecule has 5 nitrogen and oxygen atoms in total. The molecule has 0 radical (unpaired) electrons. The van der Waals surface area contributed by atoms with Crippen molar-refractivity contribution >= 4 is 44.0 Å². The topological polar surface area (TPSA) is 94.8 Å². The van der Waals surface area contributed by atoms with Gasteiger partial charge in [0.05, 0.1) is 11.0 Å². The van der Waals surface area contributed by atoms with Gasteiger partial charge in [0.1, 0.15) is 12.2 Å². The van der Waals surface area contributed by atoms with Gasteiger partial charge in [0.15, 0.2) is 0 Å². The number of benzene rings is 5. The van der Waals surface area contributed by atoms with E-state index in [0.717, 1.165) is 33.4 Å². The van der Waals surface area contributed by atoms with Gasteiger partial charge in [0.25, 0.3) is 9.05 Å². The Kier molecular flexibility index (Phi) is 18.3. The van der Waals surface area contributed by atoms with Crippen molar-refractivity contribution < 1.29 is 23.7 Å². The first-order valence-corrected chi connectivity index (χ1v) is 20.6. The smallest absolute Gasteiger partial charge is 0.261 e. The van der Waals surface area contributed by atoms with Crippen molar-refractivity contribution in [3.05, 3.63) is 196 Å². The molecule has 288 valence electrons. The number of hydrogen-bond donors (Lipinski definition) is 3. The molecule has 0 saturated carbocycles. The van der Waals surface area contributed by atoms with Gasteiger partial charge in [-0.3, -0.25) is 0 Å². The van der Waals surface area contributed by atoms with Crippen LogP contribution in [0.25, 0.3) is 24.3 Å². The van der Waals surface area contributed by atoms with Crippen molar-refractivity contribution in [3.8, 4) is 0 Å². The number of hydrogen-bond acceptors (Lipinski definition) is 5. The predicted molar refractivity (Wildman–Crippen MR) is 232 cm³/mol. The molecule has 0 aliphatic rings. The Morgan fingerprint density at radius 1 is 0.455 bits per heavy atom. The second-order valence-electron chi connectivity index (χ2n) is 13.0. The molecule has 0 aromatic heterocycles. The van der Waals surface area contributed by atoms with Crippen LogP contribution in [0.5, 0.6) is 0 Å². The van der Waals surface area contributed by atoms with Gasteiger partial charge >= 0.3 is 0 Å². The molecule has 3 N–H and O–H groups in total. The third kappa shape index (κ3) is 14.4. The van der Waals surface area contributed by atoms with E-state index in [0.29, 0.717) is 11.1 Å². The van der Waals surface area contributed by atoms with Gasteiger partial charge in [-0.15, -0.1) is 0 Å². The molecule has 0 fully saturated rings. The Balaban J connectivity index is 0.000000234. The second kappa shape index (κ2) is 22.5. The fourth-order valence-electron chi connectivity index (χ4n) is 5.63. The molecule has 0 saturated heterocycles. The third-order valence-electron chi connectivity index (χ3n) is 8.81. The lowest BCUT2D eigenvalue weighted by molar-refractivity contribution is 0.0172. The summed E-state index contributed by atoms with van der Waals surface area (Å²) in [6, 6.07) is 37.9. The number of rotatable bonds is 11. The minimum absolute atomic E-state index is 0.0622. The summed E-state index contributed by atoms with van der Waals surface area (Å²) in [5, 5.41) is 31.3. The maximum atomic E-state index is 10.7. The highest BCUT2D eigenvalue weighted by atomic mass is 35.7. The minimum atomic E-state index is -3.55. The predicted octanol–water partition coefficient (Wildman–Crippen LogP) is 12.0. The van der Waals surface area contributed by atoms with E-state index in [2.05, 4.69) is 43.3 Å². The van der Waals surface area contributed by atoms with Gasteiger partial charge in [0, 0.05) is 16.6 Å². The van der Waals surface area contributed by atoms with Crippen LogP contribution in [0.4, 0.5) is 0 Å². The average Bonchev–Trinajstić information content (AvgIpc) is 3.19. The summed E-state index contributed by atoms with van der Waals surface area (Å²) in [4.78, 5) is 0.143. The van der Waals surface area contributed by atoms with Crippen molar-refractivity contribution in [2.75, 3.05) is 0 Å². The second-order valence-corrected chi connectivity index (χ2v) is 15.6. The van der Waals surface area contributed by atoms with E-state index < -0.39 is 27.4 Å². The summed E-state index contributed by atoms with van der Waals surface area (Å²) in [5.74, 6) is 0.0622. The van der Waals surface area contributed by atoms with Crippen LogP contribution < -0.4 is 0 Å². The molecule has 5 rings (SSSR count). The van der Waals surface area contributed by atoms with Crippen molar-refractivity contribution in [2.24, 2.45) is 0 Å². The third-order valence-corrected chi connectivity index (χ3v) is 10.2. The van der Waals surface area contributed by atoms with E-state index in [-0.39, 0.29) is 10.8 Å². The van der Waals surface area contributed by atoms with E-state index in [1.54, 1.807) is 12.1 Å². The SMILES string of the molecule is C/C=C/c1ccc(C(C)C(O)c2ccc(/C=C/C)cc2)cc1.C/C=C/c1ccc(C(O)C(O)c2ccc(/C=C/C)cc2)cc1.Cc1ccc(S(=O)(=O)Cl)cc1. The molecule has 0 aliphatic heterocycles. The van der Waals surface area contributed by atoms with Crippen LogP contribution in [-0.4, -0.2) is 23.7 Å². The first-order valence-electron chi connectivity index (χ1n) is 18.3. The Bertz CT molecular complexity index is 1860. The van der Waals surface area contributed by atoms with Crippen LogP contribution in [0, 0.1) is 6.92 Å². The van der Waals surface area contributed by atoms with Gasteiger partial charge in [-0.25, -0.2) is 8.42 Å². The van der Waals surface area contributed by atoms with E-state index >= 15 is 0 Å². The van der Waals surface area contributed by atoms with Crippen molar-refractivity contribution in [2.45, 2.75) is 70.7 Å². The molecule has 5 aromatic rings. The maximum absolute atomic E-state index is 10.7. The summed E-state index contributed by atoms with van der Waals surface area (Å²) in [7, 11) is 1.54. The molecule has 0 amide bonds. The molecular weight excluding hydrogens is 724 g/mol. The molecule has 5 aromatic carbocycles. The lowest BCUT2D eigenvalue weighted by Gasteiger charge is -2.20. The number of allylic oxidation sites excluding steroid dienone is 4. The van der Waals surface area contributed by atoms with Gasteiger partial charge < -0.3 is 15.3 Å². The standard InChI is InChI=1S/C21H24O.C20H22O2.C7H7ClO2S/c1-4-6-17-8-12-19(13-9-17)16(3)21(22)20-14-10-18(7-5-2)11-15-20;1-3-5-15-7-11-17(12-8-15)19(21)20(22)18-13-9-16(6-4-2)10-14-18;1-6-2-4-7(5-3-6)11(8,9)10/h4-16,21-22H,1-3H3;3-14,19-22H,1-2H3;2-5H,1H3/b6-4+,7-5+;5-3+,6-4+;. The zero-order valence-electron chi connectivity index (χ0n) is 32.4. The largest absolute Gasteiger partial charge is 0.388 e. The lowest BCUT2D eigenvalue weighted by Crippen LogP contribution is -2.10. The number of aryl methyl sites for hydroxylation is 1. The van der Waals surface area contributed by atoms with Crippen LogP contribution in [0.2, 0.25) is 0 Å². The zero-order chi connectivity index (χ0) is 40.4. The summed E-state index contributed by atoms with van der Waals surface area (Å²) in [5.41, 5.74) is 9.01. The monoisotopic (exact) mass is 776 g/mol. The van der Waals surface area contributed by atoms with E-state index in [9.17, 15) is 23.7 Å². The van der Waals surface area contributed by atoms with Gasteiger partial charge in [0.2, 0.25) is 0 Å². The fraction of sp³-hybridized carbons (Fsp3) is 0.208. The van der Waals surface area contributed by atoms with E-state index in [4.69, 9.17) is 10.7 Å². The van der Waals surface area contributed by atoms with Crippen LogP contribution in [0.3, 0.4) is 0 Å².